The van der Waals surface area contributed by atoms with E-state index >= 15 is 0 Å². The molecule has 1 heterocycles. The summed E-state index contributed by atoms with van der Waals surface area (Å²) in [5.74, 6) is 0.788. The molecule has 2 aromatic carbocycles. The van der Waals surface area contributed by atoms with Crippen LogP contribution in [0.1, 0.15) is 55.3 Å². The second-order valence-corrected chi connectivity index (χ2v) is 9.23. The van der Waals surface area contributed by atoms with Crippen LogP contribution in [0.15, 0.2) is 48.5 Å². The molecule has 0 radical (unpaired) electrons. The molecular formula is C26H36N4O. The van der Waals surface area contributed by atoms with Crippen molar-refractivity contribution in [3.8, 4) is 0 Å². The van der Waals surface area contributed by atoms with Gasteiger partial charge in [0.2, 0.25) is 0 Å². The largest absolute Gasteiger partial charge is 0.397 e. The number of rotatable bonds is 6. The van der Waals surface area contributed by atoms with Crippen LogP contribution in [0.5, 0.6) is 0 Å². The van der Waals surface area contributed by atoms with E-state index in [1.165, 1.54) is 70.3 Å². The maximum absolute atomic E-state index is 12.6. The van der Waals surface area contributed by atoms with Gasteiger partial charge in [-0.2, -0.15) is 0 Å². The predicted octanol–water partition coefficient (Wildman–Crippen LogP) is 5.00. The van der Waals surface area contributed by atoms with E-state index in [0.717, 1.165) is 5.92 Å². The van der Waals surface area contributed by atoms with Gasteiger partial charge in [0.1, 0.15) is 0 Å². The highest BCUT2D eigenvalue weighted by Crippen LogP contribution is 2.27. The number of carbonyl (C=O) groups excluding carboxylic acids is 1. The quantitative estimate of drug-likeness (QED) is 0.646. The van der Waals surface area contributed by atoms with Gasteiger partial charge in [0.25, 0.3) is 5.91 Å². The Kier molecular flexibility index (Phi) is 7.13. The van der Waals surface area contributed by atoms with Crippen LogP contribution < -0.4 is 16.0 Å². The normalized spacial score (nSPS) is 18.6. The van der Waals surface area contributed by atoms with Crippen molar-refractivity contribution in [2.45, 2.75) is 51.0 Å². The van der Waals surface area contributed by atoms with Gasteiger partial charge in [0.15, 0.2) is 0 Å². The van der Waals surface area contributed by atoms with E-state index in [4.69, 9.17) is 5.73 Å². The maximum Gasteiger partial charge on any atom is 0.255 e. The van der Waals surface area contributed by atoms with Crippen LogP contribution in [0.2, 0.25) is 0 Å². The number of para-hydroxylation sites is 2. The second kappa shape index (κ2) is 10.2. The molecule has 2 fully saturated rings. The highest BCUT2D eigenvalue weighted by molar-refractivity contribution is 6.05. The third kappa shape index (κ3) is 5.59. The number of piperidine rings is 1. The summed E-state index contributed by atoms with van der Waals surface area (Å²) in [4.78, 5) is 17.6. The molecular weight excluding hydrogens is 384 g/mol. The molecule has 5 heteroatoms. The Bertz CT molecular complexity index is 852. The fraction of sp³-hybridized carbons (Fsp3) is 0.500. The van der Waals surface area contributed by atoms with Gasteiger partial charge in [-0.25, -0.2) is 0 Å². The van der Waals surface area contributed by atoms with Crippen molar-refractivity contribution in [3.63, 3.8) is 0 Å². The summed E-state index contributed by atoms with van der Waals surface area (Å²) < 4.78 is 0. The number of hydrogen-bond donors (Lipinski definition) is 2. The number of nitrogen functional groups attached to an aromatic ring is 1. The minimum Gasteiger partial charge on any atom is -0.397 e. The standard InChI is InChI=1S/C26H36N4O/c1-29(23-15-17-30(18-16-23)19-20-7-3-2-4-8-20)22-13-11-21(12-14-22)26(31)28-25-10-6-5-9-24(25)27/h5-6,9-14,20,23H,2-4,7-8,15-19,27H2,1H3,(H,28,31). The molecule has 4 rings (SSSR count). The van der Waals surface area contributed by atoms with Crippen molar-refractivity contribution in [2.24, 2.45) is 5.92 Å². The summed E-state index contributed by atoms with van der Waals surface area (Å²) in [6.45, 7) is 3.70. The van der Waals surface area contributed by atoms with Crippen LogP contribution in [0, 0.1) is 5.92 Å². The number of likely N-dealkylation sites (tertiary alicyclic amines) is 1. The summed E-state index contributed by atoms with van der Waals surface area (Å²) in [5, 5.41) is 2.89. The van der Waals surface area contributed by atoms with Crippen molar-refractivity contribution in [2.75, 3.05) is 42.6 Å². The number of hydrogen-bond acceptors (Lipinski definition) is 4. The molecule has 1 saturated carbocycles. The average Bonchev–Trinajstić information content (AvgIpc) is 2.81. The lowest BCUT2D eigenvalue weighted by molar-refractivity contribution is 0.102. The summed E-state index contributed by atoms with van der Waals surface area (Å²) >= 11 is 0. The molecule has 0 unspecified atom stereocenters. The average molecular weight is 421 g/mol. The van der Waals surface area contributed by atoms with Crippen LogP contribution in [0.25, 0.3) is 0 Å². The lowest BCUT2D eigenvalue weighted by Gasteiger charge is -2.39. The van der Waals surface area contributed by atoms with Crippen molar-refractivity contribution < 1.29 is 4.79 Å². The molecule has 1 aliphatic carbocycles. The summed E-state index contributed by atoms with van der Waals surface area (Å²) in [5.41, 5.74) is 8.96. The fourth-order valence-corrected chi connectivity index (χ4v) is 5.09. The molecule has 3 N–H and O–H groups in total. The monoisotopic (exact) mass is 420 g/mol. The molecule has 5 nitrogen and oxygen atoms in total. The van der Waals surface area contributed by atoms with E-state index in [0.29, 0.717) is 23.0 Å². The minimum atomic E-state index is -0.136. The van der Waals surface area contributed by atoms with E-state index in [1.807, 2.05) is 30.3 Å². The van der Waals surface area contributed by atoms with Crippen molar-refractivity contribution in [3.05, 3.63) is 54.1 Å². The predicted molar refractivity (Wildman–Crippen MR) is 130 cm³/mol. The molecule has 1 amide bonds. The minimum absolute atomic E-state index is 0.136. The van der Waals surface area contributed by atoms with E-state index in [-0.39, 0.29) is 5.91 Å². The molecule has 2 aliphatic rings. The Labute approximate surface area is 186 Å². The number of nitrogens with zero attached hydrogens (tertiary/aromatic N) is 2. The zero-order valence-corrected chi connectivity index (χ0v) is 18.7. The fourth-order valence-electron chi connectivity index (χ4n) is 5.09. The van der Waals surface area contributed by atoms with Crippen LogP contribution in [0.3, 0.4) is 0 Å². The van der Waals surface area contributed by atoms with Crippen molar-refractivity contribution >= 4 is 23.0 Å². The Morgan fingerprint density at radius 3 is 2.35 bits per heavy atom. The number of anilines is 3. The number of nitrogens with two attached hydrogens (primary N) is 1. The second-order valence-electron chi connectivity index (χ2n) is 9.23. The highest BCUT2D eigenvalue weighted by Gasteiger charge is 2.25. The molecule has 1 saturated heterocycles. The first-order chi connectivity index (χ1) is 15.1. The SMILES string of the molecule is CN(c1ccc(C(=O)Nc2ccccc2N)cc1)C1CCN(CC2CCCCC2)CC1. The first-order valence-electron chi connectivity index (χ1n) is 11.8. The lowest BCUT2D eigenvalue weighted by Crippen LogP contribution is -2.45. The molecule has 166 valence electrons. The van der Waals surface area contributed by atoms with Crippen molar-refractivity contribution in [1.82, 2.24) is 4.90 Å². The zero-order valence-electron chi connectivity index (χ0n) is 18.7. The van der Waals surface area contributed by atoms with Gasteiger partial charge in [-0.3, -0.25) is 4.79 Å². The Morgan fingerprint density at radius 1 is 1.00 bits per heavy atom. The van der Waals surface area contributed by atoms with E-state index in [2.05, 4.69) is 34.3 Å². The molecule has 1 aliphatic heterocycles. The highest BCUT2D eigenvalue weighted by atomic mass is 16.1. The number of benzene rings is 2. The van der Waals surface area contributed by atoms with Gasteiger partial charge in [0.05, 0.1) is 11.4 Å². The van der Waals surface area contributed by atoms with E-state index < -0.39 is 0 Å². The molecule has 0 aromatic heterocycles. The van der Waals surface area contributed by atoms with Crippen molar-refractivity contribution in [1.29, 1.82) is 0 Å². The summed E-state index contributed by atoms with van der Waals surface area (Å²) in [7, 11) is 2.18. The molecule has 2 aromatic rings. The smallest absolute Gasteiger partial charge is 0.255 e. The first kappa shape index (κ1) is 21.7. The third-order valence-electron chi connectivity index (χ3n) is 7.09. The summed E-state index contributed by atoms with van der Waals surface area (Å²) in [6.07, 6.45) is 9.56. The zero-order chi connectivity index (χ0) is 21.6. The number of nitrogens with one attached hydrogen (secondary N) is 1. The molecule has 0 bridgehead atoms. The lowest BCUT2D eigenvalue weighted by atomic mass is 9.88. The van der Waals surface area contributed by atoms with Crippen LogP contribution in [0.4, 0.5) is 17.1 Å². The Balaban J connectivity index is 1.28. The van der Waals surface area contributed by atoms with Gasteiger partial charge in [-0.15, -0.1) is 0 Å². The van der Waals surface area contributed by atoms with Gasteiger partial charge < -0.3 is 20.9 Å². The molecule has 31 heavy (non-hydrogen) atoms. The van der Waals surface area contributed by atoms with Gasteiger partial charge in [-0.05, 0) is 68.0 Å². The van der Waals surface area contributed by atoms with Crippen LogP contribution in [-0.2, 0) is 0 Å². The van der Waals surface area contributed by atoms with Gasteiger partial charge in [0, 0.05) is 44.0 Å². The van der Waals surface area contributed by atoms with Crippen LogP contribution >= 0.6 is 0 Å². The van der Waals surface area contributed by atoms with Gasteiger partial charge >= 0.3 is 0 Å². The number of amides is 1. The molecule has 0 atom stereocenters. The third-order valence-corrected chi connectivity index (χ3v) is 7.09. The summed E-state index contributed by atoms with van der Waals surface area (Å²) in [6, 6.07) is 15.8. The Hall–Kier alpha value is -2.53. The van der Waals surface area contributed by atoms with Gasteiger partial charge in [-0.1, -0.05) is 31.4 Å². The van der Waals surface area contributed by atoms with E-state index in [9.17, 15) is 4.79 Å². The number of carbonyl (C=O) groups is 1. The first-order valence-corrected chi connectivity index (χ1v) is 11.8. The Morgan fingerprint density at radius 2 is 1.68 bits per heavy atom. The maximum atomic E-state index is 12.6. The molecule has 0 spiro atoms. The van der Waals surface area contributed by atoms with Crippen LogP contribution in [-0.4, -0.2) is 43.5 Å². The topological polar surface area (TPSA) is 61.6 Å². The van der Waals surface area contributed by atoms with E-state index in [1.54, 1.807) is 6.07 Å².